The molecule has 1 atom stereocenters. The summed E-state index contributed by atoms with van der Waals surface area (Å²) in [4.78, 5) is 3.77. The molecule has 2 heteroatoms. The van der Waals surface area contributed by atoms with Crippen molar-refractivity contribution in [2.45, 2.75) is 65.6 Å². The summed E-state index contributed by atoms with van der Waals surface area (Å²) in [5.41, 5.74) is 2.93. The van der Waals surface area contributed by atoms with Crippen molar-refractivity contribution < 1.29 is 4.11 Å². The summed E-state index contributed by atoms with van der Waals surface area (Å²) in [7, 11) is 0. The lowest BCUT2D eigenvalue weighted by Crippen LogP contribution is -2.49. The molecular formula is C17H28N2. The van der Waals surface area contributed by atoms with Gasteiger partial charge in [0.2, 0.25) is 0 Å². The molecule has 2 nitrogen and oxygen atoms in total. The Morgan fingerprint density at radius 2 is 1.68 bits per heavy atom. The van der Waals surface area contributed by atoms with Gasteiger partial charge in [-0.1, -0.05) is 26.8 Å². The van der Waals surface area contributed by atoms with Crippen molar-refractivity contribution in [3.8, 4) is 0 Å². The second-order valence-corrected chi connectivity index (χ2v) is 7.50. The third kappa shape index (κ3) is 2.33. The average Bonchev–Trinajstić information content (AvgIpc) is 2.56. The van der Waals surface area contributed by atoms with Crippen LogP contribution in [0.1, 0.15) is 58.1 Å². The van der Waals surface area contributed by atoms with Gasteiger partial charge in [0.1, 0.15) is 0 Å². The highest BCUT2D eigenvalue weighted by Gasteiger charge is 2.37. The molecule has 106 valence electrons. The molecular weight excluding hydrogens is 232 g/mol. The maximum Gasteiger partial charge on any atom is 0.0990 e. The summed E-state index contributed by atoms with van der Waals surface area (Å²) in [6.07, 6.45) is -0.197. The maximum atomic E-state index is 7.89. The second-order valence-electron chi connectivity index (χ2n) is 7.50. The smallest absolute Gasteiger partial charge is 0.0990 e. The molecule has 0 fully saturated rings. The largest absolute Gasteiger partial charge is 0.353 e. The fourth-order valence-electron chi connectivity index (χ4n) is 2.83. The molecule has 0 bridgehead atoms. The minimum Gasteiger partial charge on any atom is -0.353 e. The highest BCUT2D eigenvalue weighted by atomic mass is 15.4. The van der Waals surface area contributed by atoms with Gasteiger partial charge in [-0.05, 0) is 50.8 Å². The predicted octanol–water partition coefficient (Wildman–Crippen LogP) is 4.38. The van der Waals surface area contributed by atoms with Crippen LogP contribution < -0.4 is 9.80 Å². The van der Waals surface area contributed by atoms with Gasteiger partial charge in [-0.2, -0.15) is 0 Å². The molecule has 1 aromatic rings. The number of nitrogens with zero attached hydrogens (tertiary/aromatic N) is 2. The van der Waals surface area contributed by atoms with Gasteiger partial charge in [-0.15, -0.1) is 0 Å². The van der Waals surface area contributed by atoms with Gasteiger partial charge < -0.3 is 9.80 Å². The van der Waals surface area contributed by atoms with Crippen LogP contribution in [0.2, 0.25) is 0 Å². The monoisotopic (exact) mass is 263 g/mol. The predicted molar refractivity (Wildman–Crippen MR) is 85.2 cm³/mol. The van der Waals surface area contributed by atoms with E-state index in [4.69, 9.17) is 4.11 Å². The van der Waals surface area contributed by atoms with Crippen molar-refractivity contribution in [1.29, 1.82) is 0 Å². The zero-order valence-corrected chi connectivity index (χ0v) is 13.2. The third-order valence-corrected chi connectivity index (χ3v) is 3.83. The van der Waals surface area contributed by atoms with E-state index in [2.05, 4.69) is 58.6 Å². The molecule has 1 aliphatic heterocycles. The Bertz CT molecular complexity index is 565. The van der Waals surface area contributed by atoms with E-state index in [-0.39, 0.29) is 17.1 Å². The lowest BCUT2D eigenvalue weighted by molar-refractivity contribution is 0.463. The molecule has 0 aliphatic carbocycles. The Labute approximate surface area is 122 Å². The number of rotatable bonds is 0. The van der Waals surface area contributed by atoms with Gasteiger partial charge in [0.05, 0.1) is 17.5 Å². The van der Waals surface area contributed by atoms with Crippen molar-refractivity contribution in [3.05, 3.63) is 23.8 Å². The number of benzene rings is 1. The van der Waals surface area contributed by atoms with E-state index >= 15 is 0 Å². The van der Waals surface area contributed by atoms with Crippen LogP contribution in [0.3, 0.4) is 0 Å². The van der Waals surface area contributed by atoms with E-state index in [1.54, 1.807) is 4.90 Å². The SMILES string of the molecule is [2H]C([2H])([2H])N1c2ccc(C(C)(C)C)cc2N(C(C)(C)C)C1C. The summed E-state index contributed by atoms with van der Waals surface area (Å²) in [5.74, 6) is 0. The lowest BCUT2D eigenvalue weighted by Gasteiger charge is -2.39. The quantitative estimate of drug-likeness (QED) is 0.685. The second kappa shape index (κ2) is 4.16. The Morgan fingerprint density at radius 1 is 1.05 bits per heavy atom. The third-order valence-electron chi connectivity index (χ3n) is 3.83. The summed E-state index contributed by atoms with van der Waals surface area (Å²) in [5, 5.41) is 0. The Balaban J connectivity index is 2.66. The number of hydrogen-bond donors (Lipinski definition) is 0. The highest BCUT2D eigenvalue weighted by Crippen LogP contribution is 2.44. The van der Waals surface area contributed by atoms with Crippen molar-refractivity contribution in [1.82, 2.24) is 0 Å². The van der Waals surface area contributed by atoms with Crippen LogP contribution >= 0.6 is 0 Å². The number of hydrogen-bond acceptors (Lipinski definition) is 2. The highest BCUT2D eigenvalue weighted by molar-refractivity contribution is 5.79. The van der Waals surface area contributed by atoms with Crippen molar-refractivity contribution >= 4 is 11.4 Å². The number of fused-ring (bicyclic) bond motifs is 1. The Hall–Kier alpha value is -1.18. The Kier molecular flexibility index (Phi) is 2.32. The van der Waals surface area contributed by atoms with Crippen LogP contribution in [0.5, 0.6) is 0 Å². The van der Waals surface area contributed by atoms with Gasteiger partial charge in [-0.25, -0.2) is 0 Å². The average molecular weight is 263 g/mol. The minimum absolute atomic E-state index is 0.0369. The minimum atomic E-state index is -2.14. The molecule has 0 spiro atoms. The zero-order chi connectivity index (χ0) is 17.1. The molecule has 2 rings (SSSR count). The summed E-state index contributed by atoms with van der Waals surface area (Å²) in [6.45, 7) is 12.7. The molecule has 1 aliphatic rings. The van der Waals surface area contributed by atoms with Crippen LogP contribution in [0, 0.1) is 0 Å². The van der Waals surface area contributed by atoms with Crippen LogP contribution in [-0.4, -0.2) is 18.7 Å². The van der Waals surface area contributed by atoms with Gasteiger partial charge in [0.25, 0.3) is 0 Å². The van der Waals surface area contributed by atoms with Gasteiger partial charge in [0.15, 0.2) is 0 Å². The summed E-state index contributed by atoms with van der Waals surface area (Å²) in [6, 6.07) is 6.17. The summed E-state index contributed by atoms with van der Waals surface area (Å²) >= 11 is 0. The molecule has 0 saturated carbocycles. The Morgan fingerprint density at radius 3 is 2.16 bits per heavy atom. The van der Waals surface area contributed by atoms with E-state index in [9.17, 15) is 0 Å². The number of anilines is 2. The molecule has 1 unspecified atom stereocenters. The standard InChI is InChI=1S/C17H28N2/c1-12-18(8)14-10-9-13(16(2,3)4)11-15(14)19(12)17(5,6)7/h9-12H,1-8H3/i8D3. The van der Waals surface area contributed by atoms with Crippen LogP contribution in [-0.2, 0) is 5.41 Å². The summed E-state index contributed by atoms with van der Waals surface area (Å²) < 4.78 is 23.7. The van der Waals surface area contributed by atoms with Crippen molar-refractivity contribution in [2.75, 3.05) is 16.8 Å². The van der Waals surface area contributed by atoms with E-state index < -0.39 is 6.98 Å². The van der Waals surface area contributed by atoms with Crippen molar-refractivity contribution in [2.24, 2.45) is 0 Å². The first kappa shape index (κ1) is 10.6. The fourth-order valence-corrected chi connectivity index (χ4v) is 2.83. The van der Waals surface area contributed by atoms with Gasteiger partial charge >= 0.3 is 0 Å². The fraction of sp³-hybridized carbons (Fsp3) is 0.647. The van der Waals surface area contributed by atoms with E-state index in [0.717, 1.165) is 11.4 Å². The lowest BCUT2D eigenvalue weighted by atomic mass is 9.86. The van der Waals surface area contributed by atoms with Crippen LogP contribution in [0.15, 0.2) is 18.2 Å². The van der Waals surface area contributed by atoms with Gasteiger partial charge in [-0.3, -0.25) is 0 Å². The van der Waals surface area contributed by atoms with Crippen molar-refractivity contribution in [3.63, 3.8) is 0 Å². The molecule has 1 heterocycles. The molecule has 0 aromatic heterocycles. The van der Waals surface area contributed by atoms with E-state index in [1.807, 2.05) is 13.0 Å². The maximum absolute atomic E-state index is 7.89. The van der Waals surface area contributed by atoms with Crippen LogP contribution in [0.25, 0.3) is 0 Å². The van der Waals surface area contributed by atoms with E-state index in [1.165, 1.54) is 5.56 Å². The van der Waals surface area contributed by atoms with E-state index in [0.29, 0.717) is 0 Å². The first-order chi connectivity index (χ1) is 9.74. The first-order valence-electron chi connectivity index (χ1n) is 8.48. The molecule has 0 saturated heterocycles. The molecule has 1 aromatic carbocycles. The topological polar surface area (TPSA) is 6.48 Å². The molecule has 0 radical (unpaired) electrons. The molecule has 0 amide bonds. The molecule has 0 N–H and O–H groups in total. The van der Waals surface area contributed by atoms with Gasteiger partial charge in [0, 0.05) is 16.6 Å². The molecule has 19 heavy (non-hydrogen) atoms. The van der Waals surface area contributed by atoms with Crippen LogP contribution in [0.4, 0.5) is 11.4 Å². The zero-order valence-electron chi connectivity index (χ0n) is 16.2. The first-order valence-corrected chi connectivity index (χ1v) is 6.98. The normalized spacial score (nSPS) is 22.9.